The van der Waals surface area contributed by atoms with E-state index < -0.39 is 0 Å². The molecule has 0 bridgehead atoms. The van der Waals surface area contributed by atoms with Crippen LogP contribution in [0.5, 0.6) is 0 Å². The summed E-state index contributed by atoms with van der Waals surface area (Å²) in [6.07, 6.45) is 2.35. The Morgan fingerprint density at radius 3 is 2.47 bits per heavy atom. The SMILES string of the molecule is CCC(CC)N(CCOC)Cc1cccc(CN)c1. The molecule has 3 heteroatoms. The van der Waals surface area contributed by atoms with Gasteiger partial charge in [0.15, 0.2) is 0 Å². The second-order valence-corrected chi connectivity index (χ2v) is 4.96. The topological polar surface area (TPSA) is 38.5 Å². The van der Waals surface area contributed by atoms with E-state index in [4.69, 9.17) is 10.5 Å². The highest BCUT2D eigenvalue weighted by Gasteiger charge is 2.15. The lowest BCUT2D eigenvalue weighted by Gasteiger charge is -2.30. The third-order valence-electron chi connectivity index (χ3n) is 3.65. The first-order valence-electron chi connectivity index (χ1n) is 7.26. The van der Waals surface area contributed by atoms with E-state index in [1.54, 1.807) is 7.11 Å². The lowest BCUT2D eigenvalue weighted by molar-refractivity contribution is 0.110. The summed E-state index contributed by atoms with van der Waals surface area (Å²) in [5.41, 5.74) is 8.25. The number of nitrogens with two attached hydrogens (primary N) is 1. The van der Waals surface area contributed by atoms with Crippen molar-refractivity contribution in [1.29, 1.82) is 0 Å². The molecule has 0 aliphatic rings. The molecule has 0 unspecified atom stereocenters. The quantitative estimate of drug-likeness (QED) is 0.745. The molecule has 0 saturated carbocycles. The minimum atomic E-state index is 0.608. The number of hydrogen-bond acceptors (Lipinski definition) is 3. The van der Waals surface area contributed by atoms with E-state index in [1.807, 2.05) is 0 Å². The van der Waals surface area contributed by atoms with E-state index >= 15 is 0 Å². The van der Waals surface area contributed by atoms with Gasteiger partial charge in [0.2, 0.25) is 0 Å². The van der Waals surface area contributed by atoms with Crippen molar-refractivity contribution < 1.29 is 4.74 Å². The fourth-order valence-corrected chi connectivity index (χ4v) is 2.49. The zero-order valence-corrected chi connectivity index (χ0v) is 12.6. The molecule has 19 heavy (non-hydrogen) atoms. The molecular formula is C16H28N2O. The van der Waals surface area contributed by atoms with Crippen LogP contribution in [0.1, 0.15) is 37.8 Å². The average molecular weight is 264 g/mol. The van der Waals surface area contributed by atoms with E-state index in [9.17, 15) is 0 Å². The van der Waals surface area contributed by atoms with E-state index in [2.05, 4.69) is 43.0 Å². The smallest absolute Gasteiger partial charge is 0.0589 e. The molecule has 0 fully saturated rings. The van der Waals surface area contributed by atoms with E-state index in [0.29, 0.717) is 12.6 Å². The van der Waals surface area contributed by atoms with Gasteiger partial charge in [0.1, 0.15) is 0 Å². The normalized spacial score (nSPS) is 11.5. The van der Waals surface area contributed by atoms with Gasteiger partial charge in [-0.3, -0.25) is 4.90 Å². The summed E-state index contributed by atoms with van der Waals surface area (Å²) >= 11 is 0. The Morgan fingerprint density at radius 2 is 1.89 bits per heavy atom. The van der Waals surface area contributed by atoms with Crippen molar-refractivity contribution >= 4 is 0 Å². The summed E-state index contributed by atoms with van der Waals surface area (Å²) in [5.74, 6) is 0. The number of nitrogens with zero attached hydrogens (tertiary/aromatic N) is 1. The zero-order valence-electron chi connectivity index (χ0n) is 12.6. The van der Waals surface area contributed by atoms with Crippen LogP contribution in [0.4, 0.5) is 0 Å². The van der Waals surface area contributed by atoms with Crippen LogP contribution in [0.25, 0.3) is 0 Å². The summed E-state index contributed by atoms with van der Waals surface area (Å²) in [6, 6.07) is 9.19. The summed E-state index contributed by atoms with van der Waals surface area (Å²) in [5, 5.41) is 0. The molecule has 0 atom stereocenters. The number of hydrogen-bond donors (Lipinski definition) is 1. The molecule has 108 valence electrons. The van der Waals surface area contributed by atoms with E-state index in [-0.39, 0.29) is 0 Å². The minimum absolute atomic E-state index is 0.608. The molecule has 0 radical (unpaired) electrons. The van der Waals surface area contributed by atoms with Gasteiger partial charge in [-0.15, -0.1) is 0 Å². The molecule has 1 aromatic rings. The maximum atomic E-state index is 5.71. The number of benzene rings is 1. The van der Waals surface area contributed by atoms with Gasteiger partial charge in [0.25, 0.3) is 0 Å². The van der Waals surface area contributed by atoms with Crippen LogP contribution in [0, 0.1) is 0 Å². The van der Waals surface area contributed by atoms with Crippen LogP contribution >= 0.6 is 0 Å². The maximum absolute atomic E-state index is 5.71. The number of methoxy groups -OCH3 is 1. The fourth-order valence-electron chi connectivity index (χ4n) is 2.49. The third-order valence-corrected chi connectivity index (χ3v) is 3.65. The molecule has 1 rings (SSSR count). The van der Waals surface area contributed by atoms with Gasteiger partial charge < -0.3 is 10.5 Å². The minimum Gasteiger partial charge on any atom is -0.383 e. The van der Waals surface area contributed by atoms with Gasteiger partial charge in [-0.2, -0.15) is 0 Å². The first kappa shape index (κ1) is 16.2. The third kappa shape index (κ3) is 5.31. The summed E-state index contributed by atoms with van der Waals surface area (Å²) in [4.78, 5) is 2.51. The fraction of sp³-hybridized carbons (Fsp3) is 0.625. The second-order valence-electron chi connectivity index (χ2n) is 4.96. The number of ether oxygens (including phenoxy) is 1. The Morgan fingerprint density at radius 1 is 1.21 bits per heavy atom. The van der Waals surface area contributed by atoms with Gasteiger partial charge in [-0.05, 0) is 24.0 Å². The maximum Gasteiger partial charge on any atom is 0.0589 e. The van der Waals surface area contributed by atoms with Crippen molar-refractivity contribution in [2.45, 2.75) is 45.8 Å². The number of rotatable bonds is 9. The Balaban J connectivity index is 2.74. The molecule has 0 amide bonds. The summed E-state index contributed by atoms with van der Waals surface area (Å²) in [7, 11) is 1.76. The van der Waals surface area contributed by atoms with Crippen molar-refractivity contribution in [3.63, 3.8) is 0 Å². The molecule has 0 saturated heterocycles. The summed E-state index contributed by atoms with van der Waals surface area (Å²) in [6.45, 7) is 7.86. The predicted molar refractivity (Wildman–Crippen MR) is 81.0 cm³/mol. The molecular weight excluding hydrogens is 236 g/mol. The molecule has 1 aromatic carbocycles. The van der Waals surface area contributed by atoms with Crippen LogP contribution in [0.15, 0.2) is 24.3 Å². The first-order chi connectivity index (χ1) is 9.24. The average Bonchev–Trinajstić information content (AvgIpc) is 2.46. The Bertz CT molecular complexity index is 350. The van der Waals surface area contributed by atoms with Gasteiger partial charge in [0, 0.05) is 32.8 Å². The van der Waals surface area contributed by atoms with Crippen LogP contribution in [-0.4, -0.2) is 31.2 Å². The molecule has 2 N–H and O–H groups in total. The highest BCUT2D eigenvalue weighted by atomic mass is 16.5. The zero-order chi connectivity index (χ0) is 14.1. The van der Waals surface area contributed by atoms with Gasteiger partial charge in [-0.1, -0.05) is 38.1 Å². The Labute approximate surface area is 117 Å². The monoisotopic (exact) mass is 264 g/mol. The highest BCUT2D eigenvalue weighted by Crippen LogP contribution is 2.14. The lowest BCUT2D eigenvalue weighted by Crippen LogP contribution is -2.36. The molecule has 0 aromatic heterocycles. The molecule has 0 heterocycles. The van der Waals surface area contributed by atoms with Gasteiger partial charge in [0.05, 0.1) is 6.61 Å². The van der Waals surface area contributed by atoms with Crippen molar-refractivity contribution in [2.24, 2.45) is 5.73 Å². The highest BCUT2D eigenvalue weighted by molar-refractivity contribution is 5.23. The molecule has 0 aliphatic carbocycles. The van der Waals surface area contributed by atoms with E-state index in [0.717, 1.165) is 19.7 Å². The Kier molecular flexibility index (Phi) is 7.72. The van der Waals surface area contributed by atoms with Crippen LogP contribution in [-0.2, 0) is 17.8 Å². The van der Waals surface area contributed by atoms with E-state index in [1.165, 1.54) is 24.0 Å². The van der Waals surface area contributed by atoms with Crippen molar-refractivity contribution in [3.05, 3.63) is 35.4 Å². The van der Waals surface area contributed by atoms with Gasteiger partial charge in [-0.25, -0.2) is 0 Å². The molecule has 0 aliphatic heterocycles. The van der Waals surface area contributed by atoms with Crippen LogP contribution in [0.2, 0.25) is 0 Å². The lowest BCUT2D eigenvalue weighted by atomic mass is 10.1. The second kappa shape index (κ2) is 9.08. The Hall–Kier alpha value is -0.900. The van der Waals surface area contributed by atoms with Gasteiger partial charge >= 0.3 is 0 Å². The first-order valence-corrected chi connectivity index (χ1v) is 7.26. The van der Waals surface area contributed by atoms with Crippen LogP contribution < -0.4 is 5.73 Å². The van der Waals surface area contributed by atoms with Crippen molar-refractivity contribution in [1.82, 2.24) is 4.90 Å². The summed E-state index contributed by atoms with van der Waals surface area (Å²) < 4.78 is 5.23. The van der Waals surface area contributed by atoms with Crippen molar-refractivity contribution in [3.8, 4) is 0 Å². The van der Waals surface area contributed by atoms with Crippen molar-refractivity contribution in [2.75, 3.05) is 20.3 Å². The predicted octanol–water partition coefficient (Wildman–Crippen LogP) is 2.78. The standard InChI is InChI=1S/C16H28N2O/c1-4-16(5-2)18(9-10-19-3)13-15-8-6-7-14(11-15)12-17/h6-8,11,16H,4-5,9-10,12-13,17H2,1-3H3. The van der Waals surface area contributed by atoms with Crippen LogP contribution in [0.3, 0.4) is 0 Å². The largest absolute Gasteiger partial charge is 0.383 e. The molecule has 3 nitrogen and oxygen atoms in total. The molecule has 0 spiro atoms.